The van der Waals surface area contributed by atoms with Gasteiger partial charge in [-0.05, 0) is 86.0 Å². The summed E-state index contributed by atoms with van der Waals surface area (Å²) in [5.74, 6) is 3.34. The Morgan fingerprint density at radius 1 is 1.17 bits per heavy atom. The van der Waals surface area contributed by atoms with Crippen LogP contribution >= 0.6 is 0 Å². The summed E-state index contributed by atoms with van der Waals surface area (Å²) in [4.78, 5) is 12.4. The lowest BCUT2D eigenvalue weighted by atomic mass is 9.39. The molecule has 0 radical (unpaired) electrons. The molecule has 4 aliphatic rings. The molecule has 8 atom stereocenters. The van der Waals surface area contributed by atoms with Gasteiger partial charge in [0.25, 0.3) is 0 Å². The molecule has 0 amide bonds. The SMILES string of the molecule is C=C1C2CCC3C(CCC4C(C)(C(C)=O)CCC[C@@]34C)C2[C@H]1O. The Kier molecular flexibility index (Phi) is 3.41. The van der Waals surface area contributed by atoms with Crippen molar-refractivity contribution in [3.63, 3.8) is 0 Å². The number of hydrogen-bond donors (Lipinski definition) is 1. The maximum Gasteiger partial charge on any atom is 0.135 e. The number of aliphatic hydroxyl groups is 1. The Morgan fingerprint density at radius 3 is 2.61 bits per heavy atom. The van der Waals surface area contributed by atoms with Gasteiger partial charge in [0.1, 0.15) is 5.78 Å². The van der Waals surface area contributed by atoms with Crippen molar-refractivity contribution in [2.75, 3.05) is 0 Å². The van der Waals surface area contributed by atoms with Crippen LogP contribution in [0.2, 0.25) is 0 Å². The molecule has 1 N–H and O–H groups in total. The molecule has 0 spiro atoms. The molecule has 4 saturated carbocycles. The van der Waals surface area contributed by atoms with E-state index < -0.39 is 0 Å². The van der Waals surface area contributed by atoms with Crippen LogP contribution in [0.4, 0.5) is 0 Å². The van der Waals surface area contributed by atoms with E-state index in [9.17, 15) is 9.90 Å². The van der Waals surface area contributed by atoms with Crippen LogP contribution in [0.1, 0.15) is 65.7 Å². The topological polar surface area (TPSA) is 37.3 Å². The third-order valence-corrected chi connectivity index (χ3v) is 8.90. The van der Waals surface area contributed by atoms with Gasteiger partial charge in [0.05, 0.1) is 6.10 Å². The summed E-state index contributed by atoms with van der Waals surface area (Å²) >= 11 is 0. The number of aliphatic hydroxyl groups excluding tert-OH is 1. The van der Waals surface area contributed by atoms with E-state index >= 15 is 0 Å². The third kappa shape index (κ3) is 1.88. The highest BCUT2D eigenvalue weighted by Crippen LogP contribution is 2.67. The minimum atomic E-state index is -0.254. The second-order valence-electron chi connectivity index (χ2n) is 9.51. The van der Waals surface area contributed by atoms with Crippen LogP contribution < -0.4 is 0 Å². The first-order valence-corrected chi connectivity index (χ1v) is 9.68. The molecule has 0 aromatic carbocycles. The Hall–Kier alpha value is -0.630. The molecule has 0 aromatic heterocycles. The quantitative estimate of drug-likeness (QED) is 0.729. The molecule has 0 aromatic rings. The third-order valence-electron chi connectivity index (χ3n) is 8.90. The average molecular weight is 316 g/mol. The summed E-state index contributed by atoms with van der Waals surface area (Å²) in [5.41, 5.74) is 1.28. The van der Waals surface area contributed by atoms with Crippen LogP contribution in [0, 0.1) is 40.4 Å². The van der Waals surface area contributed by atoms with Gasteiger partial charge in [-0.2, -0.15) is 0 Å². The van der Waals surface area contributed by atoms with E-state index in [1.54, 1.807) is 0 Å². The van der Waals surface area contributed by atoms with E-state index in [2.05, 4.69) is 20.4 Å². The maximum absolute atomic E-state index is 12.4. The van der Waals surface area contributed by atoms with Gasteiger partial charge in [0, 0.05) is 5.41 Å². The van der Waals surface area contributed by atoms with E-state index in [-0.39, 0.29) is 11.5 Å². The van der Waals surface area contributed by atoms with E-state index in [1.807, 2.05) is 6.92 Å². The number of carbonyl (C=O) groups excluding carboxylic acids is 1. The molecule has 4 fully saturated rings. The molecule has 23 heavy (non-hydrogen) atoms. The van der Waals surface area contributed by atoms with Crippen molar-refractivity contribution >= 4 is 5.78 Å². The van der Waals surface area contributed by atoms with Crippen LogP contribution in [-0.4, -0.2) is 17.0 Å². The Morgan fingerprint density at radius 2 is 1.91 bits per heavy atom. The summed E-state index contributed by atoms with van der Waals surface area (Å²) in [6.45, 7) is 10.6. The van der Waals surface area contributed by atoms with Gasteiger partial charge >= 0.3 is 0 Å². The molecule has 0 bridgehead atoms. The van der Waals surface area contributed by atoms with Crippen molar-refractivity contribution in [3.05, 3.63) is 12.2 Å². The zero-order valence-electron chi connectivity index (χ0n) is 15.0. The number of rotatable bonds is 1. The average Bonchev–Trinajstić information content (AvgIpc) is 2.52. The molecular formula is C21H32O2. The smallest absolute Gasteiger partial charge is 0.135 e. The van der Waals surface area contributed by atoms with Gasteiger partial charge < -0.3 is 5.11 Å². The van der Waals surface area contributed by atoms with E-state index in [0.29, 0.717) is 40.8 Å². The van der Waals surface area contributed by atoms with Crippen LogP contribution in [0.3, 0.4) is 0 Å². The van der Waals surface area contributed by atoms with Crippen LogP contribution in [0.25, 0.3) is 0 Å². The highest BCUT2D eigenvalue weighted by atomic mass is 16.3. The Labute approximate surface area is 140 Å². The van der Waals surface area contributed by atoms with Gasteiger partial charge in [0.2, 0.25) is 0 Å². The first kappa shape index (κ1) is 15.9. The molecule has 6 unspecified atom stereocenters. The summed E-state index contributed by atoms with van der Waals surface area (Å²) in [5, 5.41) is 10.5. The number of fused-ring (bicyclic) bond motifs is 5. The predicted octanol–water partition coefficient (Wildman–Crippen LogP) is 4.37. The van der Waals surface area contributed by atoms with Gasteiger partial charge in [-0.15, -0.1) is 0 Å². The monoisotopic (exact) mass is 316 g/mol. The molecule has 2 heteroatoms. The first-order chi connectivity index (χ1) is 10.8. The lowest BCUT2D eigenvalue weighted by molar-refractivity contribution is -0.171. The number of ketones is 1. The van der Waals surface area contributed by atoms with Crippen LogP contribution in [-0.2, 0) is 4.79 Å². The zero-order valence-corrected chi connectivity index (χ0v) is 15.0. The fraction of sp³-hybridized carbons (Fsp3) is 0.857. The van der Waals surface area contributed by atoms with Crippen LogP contribution in [0.15, 0.2) is 12.2 Å². The summed E-state index contributed by atoms with van der Waals surface area (Å²) in [6.07, 6.45) is 8.15. The predicted molar refractivity (Wildman–Crippen MR) is 91.8 cm³/mol. The molecule has 128 valence electrons. The van der Waals surface area contributed by atoms with Gasteiger partial charge in [-0.3, -0.25) is 4.79 Å². The van der Waals surface area contributed by atoms with Crippen molar-refractivity contribution in [1.29, 1.82) is 0 Å². The lowest BCUT2D eigenvalue weighted by Gasteiger charge is -2.65. The van der Waals surface area contributed by atoms with E-state index in [0.717, 1.165) is 12.0 Å². The Balaban J connectivity index is 1.67. The molecule has 0 heterocycles. The highest BCUT2D eigenvalue weighted by molar-refractivity contribution is 5.82. The molecule has 4 aliphatic carbocycles. The fourth-order valence-corrected chi connectivity index (χ4v) is 7.56. The van der Waals surface area contributed by atoms with Crippen LogP contribution in [0.5, 0.6) is 0 Å². The standard InChI is InChI=1S/C21H32O2/c1-12-14-6-8-16-15(18(14)19(12)23)7-9-17-20(3,13(2)22)10-5-11-21(16,17)4/h14-19,23H,1,5-11H2,2-4H3/t14?,15?,16?,17?,18?,19-,20?,21-/m0/s1. The Bertz CT molecular complexity index is 552. The van der Waals surface area contributed by atoms with Crippen molar-refractivity contribution in [2.45, 2.75) is 71.8 Å². The second-order valence-corrected chi connectivity index (χ2v) is 9.51. The summed E-state index contributed by atoms with van der Waals surface area (Å²) in [7, 11) is 0. The molecule has 4 rings (SSSR count). The molecule has 2 nitrogen and oxygen atoms in total. The van der Waals surface area contributed by atoms with Gasteiger partial charge in [-0.25, -0.2) is 0 Å². The number of Topliss-reactive ketones (excluding diaryl/α,β-unsaturated/α-hetero) is 1. The largest absolute Gasteiger partial charge is 0.388 e. The van der Waals surface area contributed by atoms with Crippen molar-refractivity contribution in [3.8, 4) is 0 Å². The summed E-state index contributed by atoms with van der Waals surface area (Å²) in [6, 6.07) is 0. The van der Waals surface area contributed by atoms with Crippen molar-refractivity contribution in [1.82, 2.24) is 0 Å². The van der Waals surface area contributed by atoms with Crippen molar-refractivity contribution < 1.29 is 9.90 Å². The molecular weight excluding hydrogens is 284 g/mol. The maximum atomic E-state index is 12.4. The van der Waals surface area contributed by atoms with E-state index in [4.69, 9.17) is 0 Å². The summed E-state index contributed by atoms with van der Waals surface area (Å²) < 4.78 is 0. The number of carbonyl (C=O) groups is 1. The van der Waals surface area contributed by atoms with Crippen molar-refractivity contribution in [2.24, 2.45) is 40.4 Å². The number of hydrogen-bond acceptors (Lipinski definition) is 2. The fourth-order valence-electron chi connectivity index (χ4n) is 7.56. The minimum absolute atomic E-state index is 0.114. The lowest BCUT2D eigenvalue weighted by Crippen LogP contribution is -2.61. The molecule has 0 saturated heterocycles. The highest BCUT2D eigenvalue weighted by Gasteiger charge is 2.62. The van der Waals surface area contributed by atoms with Gasteiger partial charge in [0.15, 0.2) is 0 Å². The zero-order chi connectivity index (χ0) is 16.6. The van der Waals surface area contributed by atoms with E-state index in [1.165, 1.54) is 38.5 Å². The first-order valence-electron chi connectivity index (χ1n) is 9.68. The van der Waals surface area contributed by atoms with Gasteiger partial charge in [-0.1, -0.05) is 26.8 Å². The molecule has 0 aliphatic heterocycles. The normalized spacial score (nSPS) is 55.2. The second kappa shape index (κ2) is 4.94. The minimum Gasteiger partial charge on any atom is -0.388 e.